The van der Waals surface area contributed by atoms with E-state index in [0.717, 1.165) is 10.9 Å². The molecule has 0 N–H and O–H groups in total. The van der Waals surface area contributed by atoms with Crippen LogP contribution in [0.15, 0.2) is 24.3 Å². The molecule has 0 atom stereocenters. The van der Waals surface area contributed by atoms with Crippen molar-refractivity contribution in [3.05, 3.63) is 35.5 Å². The minimum atomic E-state index is -0.300. The van der Waals surface area contributed by atoms with Gasteiger partial charge in [0.15, 0.2) is 0 Å². The van der Waals surface area contributed by atoms with Crippen molar-refractivity contribution < 1.29 is 9.53 Å². The Morgan fingerprint density at radius 2 is 1.89 bits per heavy atom. The maximum Gasteiger partial charge on any atom is 0.354 e. The number of ether oxygens (including phenoxy) is 1. The summed E-state index contributed by atoms with van der Waals surface area (Å²) in [5.41, 5.74) is 3.00. The van der Waals surface area contributed by atoms with Crippen LogP contribution < -0.4 is 0 Å². The highest BCUT2D eigenvalue weighted by Gasteiger charge is 2.17. The Morgan fingerprint density at radius 3 is 2.44 bits per heavy atom. The lowest BCUT2D eigenvalue weighted by atomic mass is 9.87. The molecule has 1 aromatic carbocycles. The van der Waals surface area contributed by atoms with Gasteiger partial charge in [0.25, 0.3) is 0 Å². The summed E-state index contributed by atoms with van der Waals surface area (Å²) in [5, 5.41) is 1.06. The van der Waals surface area contributed by atoms with Crippen molar-refractivity contribution in [1.29, 1.82) is 0 Å². The second kappa shape index (κ2) is 4.16. The number of benzene rings is 1. The molecule has 2 rings (SSSR count). The smallest absolute Gasteiger partial charge is 0.354 e. The van der Waals surface area contributed by atoms with E-state index in [4.69, 9.17) is 4.74 Å². The van der Waals surface area contributed by atoms with Gasteiger partial charge in [0, 0.05) is 18.0 Å². The third-order valence-electron chi connectivity index (χ3n) is 3.31. The number of aromatic nitrogens is 1. The lowest BCUT2D eigenvalue weighted by Gasteiger charge is -2.19. The fourth-order valence-electron chi connectivity index (χ4n) is 2.10. The van der Waals surface area contributed by atoms with Crippen LogP contribution in [0.5, 0.6) is 0 Å². The lowest BCUT2D eigenvalue weighted by molar-refractivity contribution is 0.0590. The van der Waals surface area contributed by atoms with Gasteiger partial charge < -0.3 is 9.30 Å². The fraction of sp³-hybridized carbons (Fsp3) is 0.400. The second-order valence-electron chi connectivity index (χ2n) is 5.60. The van der Waals surface area contributed by atoms with Crippen molar-refractivity contribution in [3.8, 4) is 0 Å². The van der Waals surface area contributed by atoms with Crippen molar-refractivity contribution >= 4 is 16.9 Å². The molecule has 1 aromatic heterocycles. The van der Waals surface area contributed by atoms with E-state index in [1.54, 1.807) is 0 Å². The normalized spacial score (nSPS) is 11.8. The van der Waals surface area contributed by atoms with E-state index in [-0.39, 0.29) is 11.4 Å². The molecule has 3 nitrogen and oxygen atoms in total. The van der Waals surface area contributed by atoms with Gasteiger partial charge in [-0.15, -0.1) is 0 Å². The van der Waals surface area contributed by atoms with Gasteiger partial charge in [0.05, 0.1) is 7.11 Å². The van der Waals surface area contributed by atoms with Crippen molar-refractivity contribution in [1.82, 2.24) is 4.57 Å². The molecule has 0 spiro atoms. The van der Waals surface area contributed by atoms with E-state index in [1.807, 2.05) is 17.7 Å². The number of esters is 1. The van der Waals surface area contributed by atoms with Crippen LogP contribution in [0.3, 0.4) is 0 Å². The van der Waals surface area contributed by atoms with Crippen molar-refractivity contribution in [2.24, 2.45) is 7.05 Å². The average Bonchev–Trinajstić information content (AvgIpc) is 2.64. The van der Waals surface area contributed by atoms with Crippen molar-refractivity contribution in [2.45, 2.75) is 26.2 Å². The Kier molecular flexibility index (Phi) is 2.93. The highest BCUT2D eigenvalue weighted by molar-refractivity contribution is 5.95. The first kappa shape index (κ1) is 12.7. The fourth-order valence-corrected chi connectivity index (χ4v) is 2.10. The summed E-state index contributed by atoms with van der Waals surface area (Å²) in [4.78, 5) is 11.6. The number of aryl methyl sites for hydroxylation is 1. The van der Waals surface area contributed by atoms with Gasteiger partial charge in [-0.2, -0.15) is 0 Å². The molecule has 0 aliphatic heterocycles. The van der Waals surface area contributed by atoms with Gasteiger partial charge in [-0.1, -0.05) is 32.9 Å². The van der Waals surface area contributed by atoms with E-state index in [9.17, 15) is 4.79 Å². The number of methoxy groups -OCH3 is 1. The van der Waals surface area contributed by atoms with E-state index in [0.29, 0.717) is 5.69 Å². The first-order valence-corrected chi connectivity index (χ1v) is 6.03. The van der Waals surface area contributed by atoms with E-state index < -0.39 is 0 Å². The number of hydrogen-bond acceptors (Lipinski definition) is 2. The van der Waals surface area contributed by atoms with Crippen molar-refractivity contribution in [3.63, 3.8) is 0 Å². The predicted octanol–water partition coefficient (Wildman–Crippen LogP) is 3.26. The number of hydrogen-bond donors (Lipinski definition) is 0. The van der Waals surface area contributed by atoms with Crippen LogP contribution in [-0.2, 0) is 17.2 Å². The molecule has 0 bridgehead atoms. The Labute approximate surface area is 107 Å². The number of nitrogens with zero attached hydrogens (tertiary/aromatic N) is 1. The Hall–Kier alpha value is -1.77. The molecule has 0 saturated carbocycles. The Bertz CT molecular complexity index is 603. The van der Waals surface area contributed by atoms with Gasteiger partial charge in [-0.05, 0) is 23.1 Å². The number of rotatable bonds is 1. The van der Waals surface area contributed by atoms with Crippen LogP contribution in [-0.4, -0.2) is 17.6 Å². The molecular formula is C15H19NO2. The SMILES string of the molecule is COC(=O)c1cc2ccc(C(C)(C)C)cc2n1C. The molecule has 0 radical (unpaired) electrons. The summed E-state index contributed by atoms with van der Waals surface area (Å²) >= 11 is 0. The summed E-state index contributed by atoms with van der Waals surface area (Å²) in [6.45, 7) is 6.54. The quantitative estimate of drug-likeness (QED) is 0.722. The maximum absolute atomic E-state index is 11.6. The third kappa shape index (κ3) is 2.01. The van der Waals surface area contributed by atoms with Crippen LogP contribution >= 0.6 is 0 Å². The zero-order chi connectivity index (χ0) is 13.5. The first-order valence-electron chi connectivity index (χ1n) is 6.03. The average molecular weight is 245 g/mol. The summed E-state index contributed by atoms with van der Waals surface area (Å²) in [6.07, 6.45) is 0. The standard InChI is InChI=1S/C15H19NO2/c1-15(2,3)11-7-6-10-8-13(14(17)18-5)16(4)12(10)9-11/h6-9H,1-5H3. The van der Waals surface area contributed by atoms with Crippen molar-refractivity contribution in [2.75, 3.05) is 7.11 Å². The predicted molar refractivity (Wildman–Crippen MR) is 73.0 cm³/mol. The molecule has 0 amide bonds. The van der Waals surface area contributed by atoms with Crippen LogP contribution in [0.2, 0.25) is 0 Å². The monoisotopic (exact) mass is 245 g/mol. The molecule has 0 aliphatic carbocycles. The minimum Gasteiger partial charge on any atom is -0.464 e. The molecule has 2 aromatic rings. The van der Waals surface area contributed by atoms with Gasteiger partial charge in [0.1, 0.15) is 5.69 Å². The summed E-state index contributed by atoms with van der Waals surface area (Å²) in [6, 6.07) is 8.18. The highest BCUT2D eigenvalue weighted by atomic mass is 16.5. The van der Waals surface area contributed by atoms with Crippen LogP contribution in [0.1, 0.15) is 36.8 Å². The summed E-state index contributed by atoms with van der Waals surface area (Å²) < 4.78 is 6.67. The zero-order valence-electron chi connectivity index (χ0n) is 11.6. The molecule has 3 heteroatoms. The van der Waals surface area contributed by atoms with Gasteiger partial charge in [0.2, 0.25) is 0 Å². The largest absolute Gasteiger partial charge is 0.464 e. The molecule has 96 valence electrons. The van der Waals surface area contributed by atoms with Gasteiger partial charge >= 0.3 is 5.97 Å². The molecule has 1 heterocycles. The summed E-state index contributed by atoms with van der Waals surface area (Å²) in [5.74, 6) is -0.300. The van der Waals surface area contributed by atoms with Gasteiger partial charge in [-0.25, -0.2) is 4.79 Å². The molecule has 0 unspecified atom stereocenters. The van der Waals surface area contributed by atoms with E-state index in [1.165, 1.54) is 12.7 Å². The Morgan fingerprint density at radius 1 is 1.22 bits per heavy atom. The number of fused-ring (bicyclic) bond motifs is 1. The van der Waals surface area contributed by atoms with Gasteiger partial charge in [-0.3, -0.25) is 0 Å². The second-order valence-corrected chi connectivity index (χ2v) is 5.60. The van der Waals surface area contributed by atoms with Crippen LogP contribution in [0.25, 0.3) is 10.9 Å². The Balaban J connectivity index is 2.64. The highest BCUT2D eigenvalue weighted by Crippen LogP contribution is 2.27. The topological polar surface area (TPSA) is 31.2 Å². The number of carbonyl (C=O) groups is 1. The molecular weight excluding hydrogens is 226 g/mol. The third-order valence-corrected chi connectivity index (χ3v) is 3.31. The molecule has 0 aliphatic rings. The van der Waals surface area contributed by atoms with Crippen LogP contribution in [0, 0.1) is 0 Å². The van der Waals surface area contributed by atoms with E-state index >= 15 is 0 Å². The van der Waals surface area contributed by atoms with Crippen LogP contribution in [0.4, 0.5) is 0 Å². The number of carbonyl (C=O) groups excluding carboxylic acids is 1. The minimum absolute atomic E-state index is 0.101. The first-order chi connectivity index (χ1) is 8.34. The molecule has 18 heavy (non-hydrogen) atoms. The molecule has 0 saturated heterocycles. The summed E-state index contributed by atoms with van der Waals surface area (Å²) in [7, 11) is 3.29. The zero-order valence-corrected chi connectivity index (χ0v) is 11.6. The molecule has 0 fully saturated rings. The maximum atomic E-state index is 11.6. The van der Waals surface area contributed by atoms with E-state index in [2.05, 4.69) is 39.0 Å². The lowest BCUT2D eigenvalue weighted by Crippen LogP contribution is -2.11.